The molecule has 3 aliphatic carbocycles. The summed E-state index contributed by atoms with van der Waals surface area (Å²) in [5, 5.41) is 23.1. The quantitative estimate of drug-likeness (QED) is 0.347. The van der Waals surface area contributed by atoms with Crippen LogP contribution in [0.4, 0.5) is 0 Å². The van der Waals surface area contributed by atoms with Crippen LogP contribution >= 0.6 is 0 Å². The number of benzene rings is 1. The van der Waals surface area contributed by atoms with Gasteiger partial charge in [-0.25, -0.2) is 4.79 Å². The van der Waals surface area contributed by atoms with Crippen LogP contribution in [-0.4, -0.2) is 52.4 Å². The molecule has 2 bridgehead atoms. The maximum atomic E-state index is 13.1. The van der Waals surface area contributed by atoms with Crippen molar-refractivity contribution in [1.82, 2.24) is 0 Å². The van der Waals surface area contributed by atoms with E-state index >= 15 is 0 Å². The first kappa shape index (κ1) is 28.0. The number of ketones is 1. The van der Waals surface area contributed by atoms with E-state index in [2.05, 4.69) is 6.58 Å². The van der Waals surface area contributed by atoms with Crippen LogP contribution in [0.3, 0.4) is 0 Å². The molecule has 0 amide bonds. The van der Waals surface area contributed by atoms with E-state index in [-0.39, 0.29) is 12.2 Å². The van der Waals surface area contributed by atoms with Gasteiger partial charge in [-0.15, -0.1) is 0 Å². The molecule has 0 saturated heterocycles. The minimum Gasteiger partial charge on any atom is -0.462 e. The van der Waals surface area contributed by atoms with Crippen LogP contribution < -0.4 is 0 Å². The summed E-state index contributed by atoms with van der Waals surface area (Å²) in [5.74, 6) is -2.31. The van der Waals surface area contributed by atoms with Gasteiger partial charge in [-0.05, 0) is 53.5 Å². The molecule has 4 rings (SSSR count). The summed E-state index contributed by atoms with van der Waals surface area (Å²) in [7, 11) is 0. The fraction of sp³-hybridized carbons (Fsp3) is 0.516. The highest BCUT2D eigenvalue weighted by atomic mass is 16.6. The van der Waals surface area contributed by atoms with Gasteiger partial charge in [-0.1, -0.05) is 57.7 Å². The number of aliphatic hydroxyl groups is 2. The normalized spacial score (nSPS) is 34.8. The molecule has 7 heteroatoms. The van der Waals surface area contributed by atoms with Gasteiger partial charge in [0.05, 0.1) is 6.10 Å². The molecule has 1 aromatic carbocycles. The number of esters is 2. The summed E-state index contributed by atoms with van der Waals surface area (Å²) in [4.78, 5) is 38.2. The fourth-order valence-corrected chi connectivity index (χ4v) is 7.03. The lowest BCUT2D eigenvalue weighted by atomic mass is 9.49. The predicted molar refractivity (Wildman–Crippen MR) is 142 cm³/mol. The van der Waals surface area contributed by atoms with Gasteiger partial charge in [0.2, 0.25) is 0 Å². The minimum atomic E-state index is -1.27. The first-order valence-electron chi connectivity index (χ1n) is 13.2. The van der Waals surface area contributed by atoms with Crippen molar-refractivity contribution in [2.24, 2.45) is 22.7 Å². The average molecular weight is 523 g/mol. The number of fused-ring (bicyclic) bond motifs is 3. The Bertz CT molecular complexity index is 1190. The number of carbonyl (C=O) groups excluding carboxylic acids is 3. The monoisotopic (exact) mass is 522 g/mol. The number of ether oxygens (including phenoxy) is 2. The second kappa shape index (κ2) is 10.3. The van der Waals surface area contributed by atoms with E-state index in [1.165, 1.54) is 13.0 Å². The second-order valence-corrected chi connectivity index (χ2v) is 11.7. The van der Waals surface area contributed by atoms with Gasteiger partial charge in [0.15, 0.2) is 5.78 Å². The third-order valence-corrected chi connectivity index (χ3v) is 9.08. The number of carbonyl (C=O) groups is 3. The van der Waals surface area contributed by atoms with Gasteiger partial charge in [0.1, 0.15) is 18.3 Å². The van der Waals surface area contributed by atoms with Crippen molar-refractivity contribution in [3.05, 3.63) is 65.3 Å². The van der Waals surface area contributed by atoms with Crippen LogP contribution in [0.5, 0.6) is 0 Å². The molecule has 1 unspecified atom stereocenters. The highest BCUT2D eigenvalue weighted by Gasteiger charge is 2.62. The largest absolute Gasteiger partial charge is 0.462 e. The van der Waals surface area contributed by atoms with Crippen LogP contribution in [0.2, 0.25) is 0 Å². The standard InChI is InChI=1S/C31H38O7/c1-17-22(33)16-21-28(37-19(3)32)26-18(2)23(38-24(34)13-12-20-10-8-7-9-11-20)14-15-31(26,6)29(36)27(35)25(17)30(21,4)5/h7-13,21,23,26-29,35-36H,2,14-16H2,1,3-6H3/b13-12+/t21?,23-,26-,27+,28+,29-,31+/m0/s1. The van der Waals surface area contributed by atoms with Crippen molar-refractivity contribution in [3.8, 4) is 0 Å². The summed E-state index contributed by atoms with van der Waals surface area (Å²) in [6.45, 7) is 13.0. The Balaban J connectivity index is 1.73. The molecule has 38 heavy (non-hydrogen) atoms. The Hall–Kier alpha value is -3.03. The predicted octanol–water partition coefficient (Wildman–Crippen LogP) is 4.18. The van der Waals surface area contributed by atoms with Crippen molar-refractivity contribution < 1.29 is 34.1 Å². The molecule has 0 aromatic heterocycles. The van der Waals surface area contributed by atoms with Crippen LogP contribution in [0.15, 0.2) is 59.7 Å². The lowest BCUT2D eigenvalue weighted by Gasteiger charge is -2.58. The molecule has 7 atom stereocenters. The van der Waals surface area contributed by atoms with Crippen molar-refractivity contribution >= 4 is 23.8 Å². The van der Waals surface area contributed by atoms with E-state index < -0.39 is 59.0 Å². The molecule has 0 aliphatic heterocycles. The van der Waals surface area contributed by atoms with Crippen molar-refractivity contribution in [1.29, 1.82) is 0 Å². The summed E-state index contributed by atoms with van der Waals surface area (Å²) >= 11 is 0. The number of hydrogen-bond donors (Lipinski definition) is 2. The van der Waals surface area contributed by atoms with Gasteiger partial charge >= 0.3 is 11.9 Å². The molecule has 2 fully saturated rings. The van der Waals surface area contributed by atoms with Gasteiger partial charge in [-0.3, -0.25) is 9.59 Å². The molecular formula is C31H38O7. The summed E-state index contributed by atoms with van der Waals surface area (Å²) in [6.07, 6.45) is -0.0817. The number of hydrogen-bond acceptors (Lipinski definition) is 7. The van der Waals surface area contributed by atoms with E-state index in [1.54, 1.807) is 13.0 Å². The molecule has 2 N–H and O–H groups in total. The van der Waals surface area contributed by atoms with Gasteiger partial charge in [0.25, 0.3) is 0 Å². The molecule has 3 aliphatic rings. The zero-order valence-electron chi connectivity index (χ0n) is 22.8. The summed E-state index contributed by atoms with van der Waals surface area (Å²) in [6, 6.07) is 9.38. The molecule has 204 valence electrons. The third kappa shape index (κ3) is 4.78. The summed E-state index contributed by atoms with van der Waals surface area (Å²) < 4.78 is 11.8. The summed E-state index contributed by atoms with van der Waals surface area (Å²) in [5.41, 5.74) is 0.620. The number of allylic oxidation sites excluding steroid dienone is 1. The fourth-order valence-electron chi connectivity index (χ4n) is 7.03. The maximum absolute atomic E-state index is 13.1. The van der Waals surface area contributed by atoms with E-state index in [1.807, 2.05) is 51.1 Å². The third-order valence-electron chi connectivity index (χ3n) is 9.08. The minimum absolute atomic E-state index is 0.132. The first-order valence-corrected chi connectivity index (χ1v) is 13.2. The van der Waals surface area contributed by atoms with Crippen molar-refractivity contribution in [3.63, 3.8) is 0 Å². The highest BCUT2D eigenvalue weighted by Crippen LogP contribution is 2.59. The molecule has 0 spiro atoms. The number of aliphatic hydroxyl groups excluding tert-OH is 2. The first-order chi connectivity index (χ1) is 17.8. The van der Waals surface area contributed by atoms with Crippen LogP contribution in [-0.2, 0) is 23.9 Å². The SMILES string of the molecule is C=C1[C@@H](OC(=O)/C=C/c2ccccc2)CC[C@@]2(C)[C@@H](O)[C@H](O)C3=C(C)C(=O)CC([C@@H](OC(C)=O)[C@H]12)C3(C)C. The number of Topliss-reactive ketones (excluding diaryl/α,β-unsaturated/α-hetero) is 1. The second-order valence-electron chi connectivity index (χ2n) is 11.7. The van der Waals surface area contributed by atoms with E-state index in [9.17, 15) is 24.6 Å². The van der Waals surface area contributed by atoms with E-state index in [0.29, 0.717) is 29.6 Å². The Morgan fingerprint density at radius 1 is 1.11 bits per heavy atom. The van der Waals surface area contributed by atoms with Gasteiger partial charge in [-0.2, -0.15) is 0 Å². The Labute approximate surface area is 224 Å². The molecule has 7 nitrogen and oxygen atoms in total. The molecule has 0 radical (unpaired) electrons. The number of rotatable bonds is 4. The highest BCUT2D eigenvalue weighted by molar-refractivity contribution is 5.97. The smallest absolute Gasteiger partial charge is 0.331 e. The average Bonchev–Trinajstić information content (AvgIpc) is 2.85. The van der Waals surface area contributed by atoms with Crippen molar-refractivity contribution in [2.45, 2.75) is 78.3 Å². The molecule has 0 heterocycles. The van der Waals surface area contributed by atoms with Crippen molar-refractivity contribution in [2.75, 3.05) is 0 Å². The lowest BCUT2D eigenvalue weighted by Crippen LogP contribution is -2.62. The molecular weight excluding hydrogens is 484 g/mol. The molecule has 2 saturated carbocycles. The van der Waals surface area contributed by atoms with Crippen LogP contribution in [0.25, 0.3) is 6.08 Å². The zero-order valence-corrected chi connectivity index (χ0v) is 22.8. The van der Waals surface area contributed by atoms with Crippen LogP contribution in [0.1, 0.15) is 59.4 Å². The van der Waals surface area contributed by atoms with E-state index in [4.69, 9.17) is 9.47 Å². The molecule has 1 aromatic rings. The van der Waals surface area contributed by atoms with Gasteiger partial charge in [0, 0.05) is 36.7 Å². The maximum Gasteiger partial charge on any atom is 0.331 e. The lowest BCUT2D eigenvalue weighted by molar-refractivity contribution is -0.183. The van der Waals surface area contributed by atoms with Crippen LogP contribution in [0, 0.1) is 22.7 Å². The van der Waals surface area contributed by atoms with Gasteiger partial charge < -0.3 is 19.7 Å². The topological polar surface area (TPSA) is 110 Å². The van der Waals surface area contributed by atoms with E-state index in [0.717, 1.165) is 5.56 Å². The Morgan fingerprint density at radius 3 is 2.39 bits per heavy atom. The zero-order chi connectivity index (χ0) is 28.0. The Kier molecular flexibility index (Phi) is 7.56. The Morgan fingerprint density at radius 2 is 1.76 bits per heavy atom.